The molecule has 0 spiro atoms. The van der Waals surface area contributed by atoms with Gasteiger partial charge < -0.3 is 19.5 Å². The molecule has 0 heterocycles. The molecule has 0 aromatic carbocycles. The van der Waals surface area contributed by atoms with E-state index in [9.17, 15) is 19.2 Å². The first kappa shape index (κ1) is 17.7. The number of carbonyl (C=O) groups excluding carboxylic acids is 4. The lowest BCUT2D eigenvalue weighted by molar-refractivity contribution is -0.180. The van der Waals surface area contributed by atoms with Crippen LogP contribution < -0.4 is 5.32 Å². The summed E-state index contributed by atoms with van der Waals surface area (Å²) < 4.78 is 14.9. The van der Waals surface area contributed by atoms with Crippen molar-refractivity contribution in [2.24, 2.45) is 0 Å². The molecule has 0 unspecified atom stereocenters. The van der Waals surface area contributed by atoms with Crippen molar-refractivity contribution in [2.75, 3.05) is 7.11 Å². The first-order valence-electron chi connectivity index (χ1n) is 6.62. The van der Waals surface area contributed by atoms with Gasteiger partial charge in [-0.25, -0.2) is 4.79 Å². The molecule has 0 saturated carbocycles. The molecule has 0 aromatic rings. The van der Waals surface area contributed by atoms with E-state index in [0.29, 0.717) is 0 Å². The quantitative estimate of drug-likeness (QED) is 0.437. The molecule has 0 aliphatic heterocycles. The Labute approximate surface area is 127 Å². The van der Waals surface area contributed by atoms with Crippen LogP contribution >= 0.6 is 0 Å². The minimum atomic E-state index is -1.68. The molecule has 1 amide bonds. The van der Waals surface area contributed by atoms with E-state index in [1.165, 1.54) is 26.0 Å². The minimum absolute atomic E-state index is 0.152. The predicted molar refractivity (Wildman–Crippen MR) is 73.4 cm³/mol. The standard InChI is InChI=1S/C14H19NO7/c1-8(16)15-11-5-6-14(13(19)20-4,22-10(3)18)7-12(11)21-9(2)17/h5-6,11-12H,7H2,1-4H3,(H,15,16)/t11-,12+,14-/m0/s1. The van der Waals surface area contributed by atoms with E-state index in [1.807, 2.05) is 0 Å². The number of esters is 3. The zero-order valence-electron chi connectivity index (χ0n) is 12.9. The van der Waals surface area contributed by atoms with Crippen LogP contribution in [0.25, 0.3) is 0 Å². The molecular formula is C14H19NO7. The summed E-state index contributed by atoms with van der Waals surface area (Å²) >= 11 is 0. The molecular weight excluding hydrogens is 294 g/mol. The lowest BCUT2D eigenvalue weighted by Crippen LogP contribution is -2.54. The molecule has 0 fully saturated rings. The smallest absolute Gasteiger partial charge is 0.354 e. The van der Waals surface area contributed by atoms with Gasteiger partial charge in [0.1, 0.15) is 6.10 Å². The van der Waals surface area contributed by atoms with Gasteiger partial charge in [-0.3, -0.25) is 14.4 Å². The molecule has 0 saturated heterocycles. The highest BCUT2D eigenvalue weighted by Crippen LogP contribution is 2.30. The van der Waals surface area contributed by atoms with Crippen LogP contribution in [0, 0.1) is 0 Å². The number of methoxy groups -OCH3 is 1. The second-order valence-corrected chi connectivity index (χ2v) is 4.91. The molecule has 0 radical (unpaired) electrons. The fraction of sp³-hybridized carbons (Fsp3) is 0.571. The number of hydrogen-bond donors (Lipinski definition) is 1. The number of amides is 1. The third-order valence-electron chi connectivity index (χ3n) is 3.02. The van der Waals surface area contributed by atoms with Gasteiger partial charge >= 0.3 is 17.9 Å². The van der Waals surface area contributed by atoms with Gasteiger partial charge in [0.2, 0.25) is 11.5 Å². The zero-order chi connectivity index (χ0) is 16.9. The van der Waals surface area contributed by atoms with E-state index in [2.05, 4.69) is 10.1 Å². The third kappa shape index (κ3) is 4.31. The SMILES string of the molecule is COC(=O)[C@]1(OC(C)=O)C=C[C@H](NC(C)=O)[C@H](OC(C)=O)C1. The normalized spacial score (nSPS) is 26.7. The molecule has 22 heavy (non-hydrogen) atoms. The van der Waals surface area contributed by atoms with Crippen molar-refractivity contribution in [3.63, 3.8) is 0 Å². The average Bonchev–Trinajstić information content (AvgIpc) is 2.39. The van der Waals surface area contributed by atoms with Crippen LogP contribution in [0.5, 0.6) is 0 Å². The van der Waals surface area contributed by atoms with Crippen LogP contribution in [0.2, 0.25) is 0 Å². The fourth-order valence-electron chi connectivity index (χ4n) is 2.28. The van der Waals surface area contributed by atoms with Crippen LogP contribution in [0.1, 0.15) is 27.2 Å². The Hall–Kier alpha value is -2.38. The summed E-state index contributed by atoms with van der Waals surface area (Å²) in [4.78, 5) is 45.7. The minimum Gasteiger partial charge on any atom is -0.466 e. The Morgan fingerprint density at radius 2 is 1.77 bits per heavy atom. The Bertz CT molecular complexity index is 513. The molecule has 122 valence electrons. The van der Waals surface area contributed by atoms with Crippen molar-refractivity contribution < 1.29 is 33.4 Å². The lowest BCUT2D eigenvalue weighted by Gasteiger charge is -2.37. The van der Waals surface area contributed by atoms with Gasteiger partial charge in [-0.05, 0) is 6.08 Å². The fourth-order valence-corrected chi connectivity index (χ4v) is 2.28. The summed E-state index contributed by atoms with van der Waals surface area (Å²) in [6.45, 7) is 3.67. The second kappa shape index (κ2) is 7.06. The zero-order valence-corrected chi connectivity index (χ0v) is 12.9. The lowest BCUT2D eigenvalue weighted by atomic mass is 9.85. The van der Waals surface area contributed by atoms with E-state index >= 15 is 0 Å². The highest BCUT2D eigenvalue weighted by molar-refractivity contribution is 5.86. The molecule has 8 nitrogen and oxygen atoms in total. The van der Waals surface area contributed by atoms with Crippen molar-refractivity contribution >= 4 is 23.8 Å². The Kier molecular flexibility index (Phi) is 5.67. The van der Waals surface area contributed by atoms with Crippen molar-refractivity contribution in [2.45, 2.75) is 44.9 Å². The maximum atomic E-state index is 12.0. The number of nitrogens with one attached hydrogen (secondary N) is 1. The molecule has 1 N–H and O–H groups in total. The van der Waals surface area contributed by atoms with Crippen LogP contribution in [-0.4, -0.2) is 48.7 Å². The summed E-state index contributed by atoms with van der Waals surface area (Å²) in [6.07, 6.45) is 1.75. The first-order chi connectivity index (χ1) is 10.2. The highest BCUT2D eigenvalue weighted by Gasteiger charge is 2.48. The Morgan fingerprint density at radius 1 is 1.14 bits per heavy atom. The van der Waals surface area contributed by atoms with Gasteiger partial charge in [-0.1, -0.05) is 6.08 Å². The maximum absolute atomic E-state index is 12.0. The van der Waals surface area contributed by atoms with Gasteiger partial charge in [0.25, 0.3) is 0 Å². The van der Waals surface area contributed by atoms with Crippen molar-refractivity contribution in [3.8, 4) is 0 Å². The number of rotatable bonds is 4. The largest absolute Gasteiger partial charge is 0.466 e. The van der Waals surface area contributed by atoms with Crippen LogP contribution in [-0.2, 0) is 33.4 Å². The molecule has 1 aliphatic carbocycles. The van der Waals surface area contributed by atoms with Crippen molar-refractivity contribution in [1.29, 1.82) is 0 Å². The van der Waals surface area contributed by atoms with Crippen molar-refractivity contribution in [1.82, 2.24) is 5.32 Å². The predicted octanol–water partition coefficient (Wildman–Crippen LogP) is -0.142. The van der Waals surface area contributed by atoms with E-state index in [1.54, 1.807) is 0 Å². The third-order valence-corrected chi connectivity index (χ3v) is 3.02. The summed E-state index contributed by atoms with van der Waals surface area (Å²) in [5.41, 5.74) is -1.68. The van der Waals surface area contributed by atoms with Gasteiger partial charge in [-0.15, -0.1) is 0 Å². The number of hydrogen-bond acceptors (Lipinski definition) is 7. The summed E-state index contributed by atoms with van der Waals surface area (Å²) in [5.74, 6) is -2.39. The summed E-state index contributed by atoms with van der Waals surface area (Å²) in [6, 6.07) is -0.630. The summed E-state index contributed by atoms with van der Waals surface area (Å²) in [7, 11) is 1.15. The molecule has 1 rings (SSSR count). The van der Waals surface area contributed by atoms with E-state index < -0.39 is 35.7 Å². The molecule has 1 aliphatic rings. The van der Waals surface area contributed by atoms with Gasteiger partial charge in [0.15, 0.2) is 0 Å². The summed E-state index contributed by atoms with van der Waals surface area (Å²) in [5, 5.41) is 2.59. The average molecular weight is 313 g/mol. The molecule has 0 bridgehead atoms. The maximum Gasteiger partial charge on any atom is 0.354 e. The monoisotopic (exact) mass is 313 g/mol. The molecule has 3 atom stereocenters. The van der Waals surface area contributed by atoms with Crippen LogP contribution in [0.3, 0.4) is 0 Å². The second-order valence-electron chi connectivity index (χ2n) is 4.91. The Morgan fingerprint density at radius 3 is 2.23 bits per heavy atom. The molecule has 0 aromatic heterocycles. The van der Waals surface area contributed by atoms with Crippen LogP contribution in [0.15, 0.2) is 12.2 Å². The van der Waals surface area contributed by atoms with Crippen LogP contribution in [0.4, 0.5) is 0 Å². The highest BCUT2D eigenvalue weighted by atomic mass is 16.6. The first-order valence-corrected chi connectivity index (χ1v) is 6.62. The Balaban J connectivity index is 3.15. The van der Waals surface area contributed by atoms with E-state index in [0.717, 1.165) is 14.0 Å². The van der Waals surface area contributed by atoms with Gasteiger partial charge in [0.05, 0.1) is 13.2 Å². The molecule has 8 heteroatoms. The van der Waals surface area contributed by atoms with E-state index in [-0.39, 0.29) is 12.3 Å². The number of carbonyl (C=O) groups is 4. The topological polar surface area (TPSA) is 108 Å². The van der Waals surface area contributed by atoms with Crippen molar-refractivity contribution in [3.05, 3.63) is 12.2 Å². The number of ether oxygens (including phenoxy) is 3. The van der Waals surface area contributed by atoms with Gasteiger partial charge in [0, 0.05) is 27.2 Å². The van der Waals surface area contributed by atoms with E-state index in [4.69, 9.17) is 9.47 Å². The van der Waals surface area contributed by atoms with Gasteiger partial charge in [-0.2, -0.15) is 0 Å².